The quantitative estimate of drug-likeness (QED) is 0.721. The summed E-state index contributed by atoms with van der Waals surface area (Å²) in [4.78, 5) is 11.7. The van der Waals surface area contributed by atoms with Crippen LogP contribution in [0.1, 0.15) is 58.8 Å². The number of rotatable bonds is 1. The molecule has 3 nitrogen and oxygen atoms in total. The van der Waals surface area contributed by atoms with E-state index in [4.69, 9.17) is 16.6 Å². The molecule has 1 aromatic rings. The summed E-state index contributed by atoms with van der Waals surface area (Å²) in [5.74, 6) is 1.84. The second-order valence-corrected chi connectivity index (χ2v) is 8.08. The molecule has 0 unspecified atom stereocenters. The molecule has 0 spiro atoms. The lowest BCUT2D eigenvalue weighted by Gasteiger charge is -2.39. The summed E-state index contributed by atoms with van der Waals surface area (Å²) in [6.45, 7) is 15.1. The van der Waals surface area contributed by atoms with Crippen molar-refractivity contribution in [3.63, 3.8) is 0 Å². The molecule has 1 saturated heterocycles. The van der Waals surface area contributed by atoms with Crippen molar-refractivity contribution in [3.05, 3.63) is 16.5 Å². The van der Waals surface area contributed by atoms with E-state index >= 15 is 0 Å². The minimum Gasteiger partial charge on any atom is -0.356 e. The Morgan fingerprint density at radius 2 is 1.85 bits per heavy atom. The van der Waals surface area contributed by atoms with Crippen molar-refractivity contribution >= 4 is 17.4 Å². The van der Waals surface area contributed by atoms with Gasteiger partial charge in [-0.15, -0.1) is 0 Å². The number of anilines is 1. The van der Waals surface area contributed by atoms with Crippen LogP contribution in [0.25, 0.3) is 0 Å². The Morgan fingerprint density at radius 3 is 2.40 bits per heavy atom. The highest BCUT2D eigenvalue weighted by Gasteiger charge is 2.29. The lowest BCUT2D eigenvalue weighted by Crippen LogP contribution is -2.41. The van der Waals surface area contributed by atoms with Crippen LogP contribution >= 0.6 is 11.6 Å². The van der Waals surface area contributed by atoms with Gasteiger partial charge in [-0.1, -0.05) is 46.2 Å². The Kier molecular flexibility index (Phi) is 4.03. The first kappa shape index (κ1) is 15.6. The van der Waals surface area contributed by atoms with Crippen LogP contribution in [-0.4, -0.2) is 23.1 Å². The zero-order valence-electron chi connectivity index (χ0n) is 13.5. The molecule has 0 saturated carbocycles. The maximum Gasteiger partial charge on any atom is 0.137 e. The van der Waals surface area contributed by atoms with Crippen LogP contribution < -0.4 is 4.90 Å². The fraction of sp³-hybridized carbons (Fsp3) is 0.750. The summed E-state index contributed by atoms with van der Waals surface area (Å²) in [7, 11) is 0. The van der Waals surface area contributed by atoms with Crippen LogP contribution in [-0.2, 0) is 5.41 Å². The molecule has 0 amide bonds. The van der Waals surface area contributed by atoms with Gasteiger partial charge in [-0.25, -0.2) is 9.97 Å². The molecule has 0 bridgehead atoms. The number of nitrogens with zero attached hydrogens (tertiary/aromatic N) is 3. The average molecular weight is 296 g/mol. The zero-order chi connectivity index (χ0) is 15.1. The number of piperidine rings is 1. The summed E-state index contributed by atoms with van der Waals surface area (Å²) in [6, 6.07) is 0. The normalized spacial score (nSPS) is 19.2. The summed E-state index contributed by atoms with van der Waals surface area (Å²) in [5.41, 5.74) is 1.25. The number of hydrogen-bond donors (Lipinski definition) is 0. The van der Waals surface area contributed by atoms with Gasteiger partial charge in [0.15, 0.2) is 0 Å². The van der Waals surface area contributed by atoms with Crippen molar-refractivity contribution in [2.45, 2.75) is 59.8 Å². The Morgan fingerprint density at radius 1 is 1.20 bits per heavy atom. The van der Waals surface area contributed by atoms with Gasteiger partial charge in [0.2, 0.25) is 0 Å². The van der Waals surface area contributed by atoms with E-state index in [0.29, 0.717) is 10.6 Å². The SMILES string of the molecule is Cc1c(Cl)nc(C(C)(C)C)nc1N1CCCC(C)(C)C1. The van der Waals surface area contributed by atoms with E-state index in [1.165, 1.54) is 12.8 Å². The van der Waals surface area contributed by atoms with Crippen molar-refractivity contribution in [3.8, 4) is 0 Å². The smallest absolute Gasteiger partial charge is 0.137 e. The second-order valence-electron chi connectivity index (χ2n) is 7.73. The van der Waals surface area contributed by atoms with E-state index in [2.05, 4.69) is 44.5 Å². The molecule has 1 fully saturated rings. The van der Waals surface area contributed by atoms with Gasteiger partial charge in [-0.2, -0.15) is 0 Å². The van der Waals surface area contributed by atoms with Gasteiger partial charge < -0.3 is 4.90 Å². The molecule has 0 aliphatic carbocycles. The summed E-state index contributed by atoms with van der Waals surface area (Å²) in [5, 5.41) is 0.586. The van der Waals surface area contributed by atoms with Crippen molar-refractivity contribution < 1.29 is 0 Å². The Bertz CT molecular complexity index is 503. The van der Waals surface area contributed by atoms with Gasteiger partial charge in [0.1, 0.15) is 16.8 Å². The van der Waals surface area contributed by atoms with Crippen LogP contribution in [0.5, 0.6) is 0 Å². The number of halogens is 1. The molecule has 0 N–H and O–H groups in total. The molecular weight excluding hydrogens is 270 g/mol. The molecular formula is C16H26ClN3. The lowest BCUT2D eigenvalue weighted by atomic mass is 9.84. The van der Waals surface area contributed by atoms with Crippen molar-refractivity contribution in [1.29, 1.82) is 0 Å². The third-order valence-corrected chi connectivity index (χ3v) is 4.30. The van der Waals surface area contributed by atoms with Crippen LogP contribution in [0, 0.1) is 12.3 Å². The van der Waals surface area contributed by atoms with Crippen LogP contribution in [0.4, 0.5) is 5.82 Å². The Balaban J connectivity index is 2.43. The number of hydrogen-bond acceptors (Lipinski definition) is 3. The van der Waals surface area contributed by atoms with E-state index in [-0.39, 0.29) is 5.41 Å². The molecule has 20 heavy (non-hydrogen) atoms. The van der Waals surface area contributed by atoms with E-state index in [0.717, 1.165) is 30.3 Å². The van der Waals surface area contributed by atoms with E-state index in [1.54, 1.807) is 0 Å². The molecule has 0 radical (unpaired) electrons. The third kappa shape index (κ3) is 3.25. The monoisotopic (exact) mass is 295 g/mol. The highest BCUT2D eigenvalue weighted by molar-refractivity contribution is 6.30. The topological polar surface area (TPSA) is 29.0 Å². The van der Waals surface area contributed by atoms with Gasteiger partial charge in [0, 0.05) is 24.1 Å². The van der Waals surface area contributed by atoms with Gasteiger partial charge in [0.25, 0.3) is 0 Å². The van der Waals surface area contributed by atoms with E-state index < -0.39 is 0 Å². The van der Waals surface area contributed by atoms with Crippen LogP contribution in [0.2, 0.25) is 5.15 Å². The van der Waals surface area contributed by atoms with Gasteiger partial charge in [-0.3, -0.25) is 0 Å². The van der Waals surface area contributed by atoms with Crippen LogP contribution in [0.15, 0.2) is 0 Å². The second kappa shape index (κ2) is 5.18. The maximum absolute atomic E-state index is 6.34. The molecule has 0 atom stereocenters. The fourth-order valence-corrected chi connectivity index (χ4v) is 2.89. The molecule has 2 rings (SSSR count). The third-order valence-electron chi connectivity index (χ3n) is 3.93. The zero-order valence-corrected chi connectivity index (χ0v) is 14.3. The predicted molar refractivity (Wildman–Crippen MR) is 85.7 cm³/mol. The van der Waals surface area contributed by atoms with E-state index in [1.807, 2.05) is 6.92 Å². The van der Waals surface area contributed by atoms with Crippen molar-refractivity contribution in [1.82, 2.24) is 9.97 Å². The highest BCUT2D eigenvalue weighted by atomic mass is 35.5. The van der Waals surface area contributed by atoms with Crippen molar-refractivity contribution in [2.24, 2.45) is 5.41 Å². The molecule has 1 aliphatic heterocycles. The minimum atomic E-state index is -0.0859. The summed E-state index contributed by atoms with van der Waals surface area (Å²) < 4.78 is 0. The highest BCUT2D eigenvalue weighted by Crippen LogP contribution is 2.34. The molecule has 1 aliphatic rings. The van der Waals surface area contributed by atoms with Crippen molar-refractivity contribution in [2.75, 3.05) is 18.0 Å². The number of aromatic nitrogens is 2. The largest absolute Gasteiger partial charge is 0.356 e. The fourth-order valence-electron chi connectivity index (χ4n) is 2.73. The molecule has 112 valence electrons. The van der Waals surface area contributed by atoms with E-state index in [9.17, 15) is 0 Å². The molecule has 1 aromatic heterocycles. The first-order valence-corrected chi connectivity index (χ1v) is 7.77. The Labute approximate surface area is 127 Å². The average Bonchev–Trinajstić information content (AvgIpc) is 2.29. The molecule has 4 heteroatoms. The first-order valence-electron chi connectivity index (χ1n) is 7.40. The molecule has 0 aromatic carbocycles. The first-order chi connectivity index (χ1) is 9.10. The lowest BCUT2D eigenvalue weighted by molar-refractivity contribution is 0.291. The molecule has 2 heterocycles. The maximum atomic E-state index is 6.34. The van der Waals surface area contributed by atoms with Crippen LogP contribution in [0.3, 0.4) is 0 Å². The van der Waals surface area contributed by atoms with Gasteiger partial charge in [-0.05, 0) is 25.2 Å². The summed E-state index contributed by atoms with van der Waals surface area (Å²) >= 11 is 6.34. The minimum absolute atomic E-state index is 0.0859. The standard InChI is InChI=1S/C16H26ClN3/c1-11-12(17)18-14(15(2,3)4)19-13(11)20-9-7-8-16(5,6)10-20/h7-10H2,1-6H3. The predicted octanol–water partition coefficient (Wildman–Crippen LogP) is 4.36. The van der Waals surface area contributed by atoms with Gasteiger partial charge >= 0.3 is 0 Å². The Hall–Kier alpha value is -0.830. The summed E-state index contributed by atoms with van der Waals surface area (Å²) in [6.07, 6.45) is 2.48. The van der Waals surface area contributed by atoms with Gasteiger partial charge in [0.05, 0.1) is 0 Å².